The van der Waals surface area contributed by atoms with Gasteiger partial charge < -0.3 is 5.32 Å². The molecule has 1 aromatic heterocycles. The number of thiophene rings is 1. The molecule has 0 amide bonds. The highest BCUT2D eigenvalue weighted by Crippen LogP contribution is 2.33. The van der Waals surface area contributed by atoms with E-state index in [2.05, 4.69) is 73.9 Å². The van der Waals surface area contributed by atoms with Crippen LogP contribution in [0.5, 0.6) is 0 Å². The highest BCUT2D eigenvalue weighted by molar-refractivity contribution is 9.11. The maximum atomic E-state index is 3.56. The van der Waals surface area contributed by atoms with Gasteiger partial charge in [0.05, 0.1) is 11.4 Å². The van der Waals surface area contributed by atoms with Crippen LogP contribution in [-0.4, -0.2) is 0 Å². The van der Waals surface area contributed by atoms with Crippen LogP contribution in [0.1, 0.15) is 11.1 Å². The lowest BCUT2D eigenvalue weighted by Crippen LogP contribution is -1.92. The maximum absolute atomic E-state index is 3.56. The van der Waals surface area contributed by atoms with Crippen LogP contribution < -0.4 is 5.32 Å². The molecule has 4 heteroatoms. The summed E-state index contributed by atoms with van der Waals surface area (Å²) in [5.41, 5.74) is 4.77. The van der Waals surface area contributed by atoms with Crippen LogP contribution >= 0.6 is 43.2 Å². The molecule has 2 aromatic rings. The summed E-state index contributed by atoms with van der Waals surface area (Å²) in [7, 11) is 0. The van der Waals surface area contributed by atoms with Gasteiger partial charge in [0.25, 0.3) is 0 Å². The second-order valence-corrected chi connectivity index (χ2v) is 6.13. The molecule has 0 unspecified atom stereocenters. The van der Waals surface area contributed by atoms with E-state index in [0.717, 1.165) is 14.6 Å². The SMILES string of the molecule is Cc1cc(Nc2cscc2C)c(Br)cc1Br. The van der Waals surface area contributed by atoms with Crippen LogP contribution in [-0.2, 0) is 0 Å². The Hall–Kier alpha value is -0.320. The van der Waals surface area contributed by atoms with Crippen molar-refractivity contribution >= 4 is 54.6 Å². The number of nitrogens with one attached hydrogen (secondary N) is 1. The number of hydrogen-bond acceptors (Lipinski definition) is 2. The quantitative estimate of drug-likeness (QED) is 0.731. The molecule has 0 saturated heterocycles. The maximum Gasteiger partial charge on any atom is 0.0532 e. The van der Waals surface area contributed by atoms with Gasteiger partial charge in [-0.2, -0.15) is 0 Å². The van der Waals surface area contributed by atoms with Gasteiger partial charge in [0.15, 0.2) is 0 Å². The highest BCUT2D eigenvalue weighted by atomic mass is 79.9. The molecule has 0 fully saturated rings. The second kappa shape index (κ2) is 4.90. The van der Waals surface area contributed by atoms with Crippen molar-refractivity contribution in [1.82, 2.24) is 0 Å². The Morgan fingerprint density at radius 3 is 2.31 bits per heavy atom. The molecular weight excluding hydrogens is 350 g/mol. The van der Waals surface area contributed by atoms with Crippen molar-refractivity contribution in [2.75, 3.05) is 5.32 Å². The average molecular weight is 361 g/mol. The lowest BCUT2D eigenvalue weighted by Gasteiger charge is -2.10. The van der Waals surface area contributed by atoms with Crippen LogP contribution in [0.15, 0.2) is 31.8 Å². The standard InChI is InChI=1S/C12H11Br2NS/c1-7-3-11(10(14)4-9(7)13)15-12-6-16-5-8(12)2/h3-6,15H,1-2H3. The van der Waals surface area contributed by atoms with E-state index in [4.69, 9.17) is 0 Å². The highest BCUT2D eigenvalue weighted by Gasteiger charge is 2.06. The van der Waals surface area contributed by atoms with Gasteiger partial charge >= 0.3 is 0 Å². The number of benzene rings is 1. The molecule has 0 aliphatic carbocycles. The van der Waals surface area contributed by atoms with E-state index >= 15 is 0 Å². The van der Waals surface area contributed by atoms with Crippen LogP contribution in [0.25, 0.3) is 0 Å². The van der Waals surface area contributed by atoms with Crippen LogP contribution in [0.2, 0.25) is 0 Å². The van der Waals surface area contributed by atoms with Gasteiger partial charge in [-0.25, -0.2) is 0 Å². The van der Waals surface area contributed by atoms with Crippen LogP contribution in [0, 0.1) is 13.8 Å². The first-order valence-corrected chi connectivity index (χ1v) is 7.36. The summed E-state index contributed by atoms with van der Waals surface area (Å²) in [6.45, 7) is 4.20. The van der Waals surface area contributed by atoms with E-state index in [1.165, 1.54) is 16.8 Å². The smallest absolute Gasteiger partial charge is 0.0532 e. The Balaban J connectivity index is 2.35. The zero-order chi connectivity index (χ0) is 11.7. The van der Waals surface area contributed by atoms with Crippen LogP contribution in [0.4, 0.5) is 11.4 Å². The predicted octanol–water partition coefficient (Wildman–Crippen LogP) is 5.63. The van der Waals surface area contributed by atoms with E-state index in [1.807, 2.05) is 0 Å². The third-order valence-corrected chi connectivity index (χ3v) is 4.75. The van der Waals surface area contributed by atoms with Gasteiger partial charge in [0.2, 0.25) is 0 Å². The average Bonchev–Trinajstić information content (AvgIpc) is 2.61. The summed E-state index contributed by atoms with van der Waals surface area (Å²) in [5.74, 6) is 0. The number of hydrogen-bond donors (Lipinski definition) is 1. The summed E-state index contributed by atoms with van der Waals surface area (Å²) in [4.78, 5) is 0. The topological polar surface area (TPSA) is 12.0 Å². The van der Waals surface area contributed by atoms with Crippen molar-refractivity contribution < 1.29 is 0 Å². The van der Waals surface area contributed by atoms with E-state index in [0.29, 0.717) is 0 Å². The largest absolute Gasteiger partial charge is 0.354 e. The summed E-state index contributed by atoms with van der Waals surface area (Å²) < 4.78 is 2.18. The minimum absolute atomic E-state index is 1.07. The van der Waals surface area contributed by atoms with Crippen molar-refractivity contribution in [2.24, 2.45) is 0 Å². The summed E-state index contributed by atoms with van der Waals surface area (Å²) in [5, 5.41) is 7.70. The molecule has 0 spiro atoms. The number of halogens is 2. The third kappa shape index (κ3) is 2.50. The third-order valence-electron chi connectivity index (χ3n) is 2.37. The molecule has 1 aromatic carbocycles. The number of aryl methyl sites for hydroxylation is 2. The fourth-order valence-electron chi connectivity index (χ4n) is 1.39. The molecule has 0 atom stereocenters. The predicted molar refractivity (Wildman–Crippen MR) is 78.9 cm³/mol. The molecule has 16 heavy (non-hydrogen) atoms. The molecule has 0 aliphatic heterocycles. The molecule has 1 heterocycles. The first kappa shape index (κ1) is 12.1. The minimum atomic E-state index is 1.07. The van der Waals surface area contributed by atoms with Gasteiger partial charge in [0.1, 0.15) is 0 Å². The Kier molecular flexibility index (Phi) is 3.72. The first-order chi connectivity index (χ1) is 7.58. The Morgan fingerprint density at radius 2 is 1.69 bits per heavy atom. The molecule has 84 valence electrons. The van der Waals surface area contributed by atoms with Gasteiger partial charge in [-0.15, -0.1) is 11.3 Å². The van der Waals surface area contributed by atoms with Gasteiger partial charge in [-0.05, 0) is 58.4 Å². The zero-order valence-electron chi connectivity index (χ0n) is 8.97. The van der Waals surface area contributed by atoms with E-state index in [1.54, 1.807) is 11.3 Å². The normalized spacial score (nSPS) is 10.5. The Bertz CT molecular complexity index is 520. The van der Waals surface area contributed by atoms with Crippen molar-refractivity contribution in [3.05, 3.63) is 43.0 Å². The van der Waals surface area contributed by atoms with Gasteiger partial charge in [0, 0.05) is 14.3 Å². The fourth-order valence-corrected chi connectivity index (χ4v) is 3.26. The van der Waals surface area contributed by atoms with E-state index in [9.17, 15) is 0 Å². The van der Waals surface area contributed by atoms with Crippen molar-refractivity contribution in [1.29, 1.82) is 0 Å². The number of anilines is 2. The molecule has 0 saturated carbocycles. The van der Waals surface area contributed by atoms with Gasteiger partial charge in [-0.1, -0.05) is 15.9 Å². The summed E-state index contributed by atoms with van der Waals surface area (Å²) >= 11 is 8.79. The Morgan fingerprint density at radius 1 is 0.938 bits per heavy atom. The monoisotopic (exact) mass is 359 g/mol. The number of rotatable bonds is 2. The lowest BCUT2D eigenvalue weighted by atomic mass is 10.2. The van der Waals surface area contributed by atoms with Crippen molar-refractivity contribution in [2.45, 2.75) is 13.8 Å². The van der Waals surface area contributed by atoms with Crippen molar-refractivity contribution in [3.8, 4) is 0 Å². The zero-order valence-corrected chi connectivity index (χ0v) is 13.0. The van der Waals surface area contributed by atoms with E-state index in [-0.39, 0.29) is 0 Å². The molecule has 1 nitrogen and oxygen atoms in total. The summed E-state index contributed by atoms with van der Waals surface area (Å²) in [6, 6.07) is 4.20. The lowest BCUT2D eigenvalue weighted by molar-refractivity contribution is 1.39. The summed E-state index contributed by atoms with van der Waals surface area (Å²) in [6.07, 6.45) is 0. The second-order valence-electron chi connectivity index (χ2n) is 3.67. The minimum Gasteiger partial charge on any atom is -0.354 e. The fraction of sp³-hybridized carbons (Fsp3) is 0.167. The molecule has 0 aliphatic rings. The molecule has 0 bridgehead atoms. The van der Waals surface area contributed by atoms with Crippen LogP contribution in [0.3, 0.4) is 0 Å². The molecule has 0 radical (unpaired) electrons. The first-order valence-electron chi connectivity index (χ1n) is 4.83. The molecular formula is C12H11Br2NS. The van der Waals surface area contributed by atoms with E-state index < -0.39 is 0 Å². The van der Waals surface area contributed by atoms with Gasteiger partial charge in [-0.3, -0.25) is 0 Å². The van der Waals surface area contributed by atoms with Crippen molar-refractivity contribution in [3.63, 3.8) is 0 Å². The molecule has 1 N–H and O–H groups in total. The Labute approximate surface area is 116 Å². The molecule has 2 rings (SSSR count).